The van der Waals surface area contributed by atoms with E-state index in [1.54, 1.807) is 0 Å². The van der Waals surface area contributed by atoms with Crippen LogP contribution in [0.5, 0.6) is 0 Å². The highest BCUT2D eigenvalue weighted by molar-refractivity contribution is 5.98. The SMILES string of the molecule is CCC.CCCCn1nc(-c2ccc(Nc3nc4ccccc4o3)cc2)c2c(N)ncnc21.CN. The first-order valence-corrected chi connectivity index (χ1v) is 11.9. The smallest absolute Gasteiger partial charge is 0.300 e. The number of hydrogen-bond acceptors (Lipinski definition) is 8. The second kappa shape index (κ2) is 12.5. The van der Waals surface area contributed by atoms with Crippen LogP contribution in [0.15, 0.2) is 59.3 Å². The molecule has 0 saturated carbocycles. The molecule has 5 rings (SSSR count). The van der Waals surface area contributed by atoms with E-state index in [2.05, 4.69) is 46.8 Å². The van der Waals surface area contributed by atoms with E-state index in [0.717, 1.165) is 58.5 Å². The lowest BCUT2D eigenvalue weighted by atomic mass is 10.1. The summed E-state index contributed by atoms with van der Waals surface area (Å²) in [7, 11) is 1.50. The van der Waals surface area contributed by atoms with Crippen LogP contribution in [0.25, 0.3) is 33.4 Å². The summed E-state index contributed by atoms with van der Waals surface area (Å²) in [6, 6.07) is 16.0. The minimum Gasteiger partial charge on any atom is -0.423 e. The zero-order valence-electron chi connectivity index (χ0n) is 20.8. The number of rotatable bonds is 6. The molecule has 0 spiro atoms. The average molecular weight is 475 g/mol. The summed E-state index contributed by atoms with van der Waals surface area (Å²) < 4.78 is 7.64. The van der Waals surface area contributed by atoms with Gasteiger partial charge in [0.25, 0.3) is 6.01 Å². The van der Waals surface area contributed by atoms with E-state index in [9.17, 15) is 0 Å². The molecule has 0 aliphatic carbocycles. The maximum Gasteiger partial charge on any atom is 0.300 e. The fourth-order valence-electron chi connectivity index (χ4n) is 3.46. The second-order valence-electron chi connectivity index (χ2n) is 7.78. The second-order valence-corrected chi connectivity index (χ2v) is 7.78. The van der Waals surface area contributed by atoms with Crippen molar-refractivity contribution in [2.75, 3.05) is 18.1 Å². The van der Waals surface area contributed by atoms with Crippen molar-refractivity contribution in [2.45, 2.75) is 46.6 Å². The van der Waals surface area contributed by atoms with Crippen LogP contribution in [0.4, 0.5) is 17.5 Å². The molecule has 0 fully saturated rings. The average Bonchev–Trinajstić information content (AvgIpc) is 3.47. The normalized spacial score (nSPS) is 10.4. The van der Waals surface area contributed by atoms with E-state index >= 15 is 0 Å². The zero-order valence-corrected chi connectivity index (χ0v) is 20.8. The molecule has 2 aromatic carbocycles. The maximum atomic E-state index is 6.17. The molecule has 35 heavy (non-hydrogen) atoms. The van der Waals surface area contributed by atoms with E-state index in [0.29, 0.717) is 11.8 Å². The first-order valence-electron chi connectivity index (χ1n) is 11.9. The monoisotopic (exact) mass is 474 g/mol. The molecular formula is C26H34N8O. The molecule has 0 atom stereocenters. The Balaban J connectivity index is 0.000000638. The summed E-state index contributed by atoms with van der Waals surface area (Å²) in [6.45, 7) is 7.19. The van der Waals surface area contributed by atoms with Crippen molar-refractivity contribution in [3.05, 3.63) is 54.9 Å². The molecule has 184 valence electrons. The summed E-state index contributed by atoms with van der Waals surface area (Å²) in [6.07, 6.45) is 4.83. The van der Waals surface area contributed by atoms with Crippen LogP contribution < -0.4 is 16.8 Å². The Kier molecular flexibility index (Phi) is 9.14. The molecule has 9 heteroatoms. The number of nitrogens with one attached hydrogen (secondary N) is 1. The highest BCUT2D eigenvalue weighted by Crippen LogP contribution is 2.31. The van der Waals surface area contributed by atoms with Crippen molar-refractivity contribution < 1.29 is 4.42 Å². The Bertz CT molecular complexity index is 1310. The van der Waals surface area contributed by atoms with Gasteiger partial charge in [0.15, 0.2) is 11.2 Å². The van der Waals surface area contributed by atoms with Gasteiger partial charge < -0.3 is 21.2 Å². The quantitative estimate of drug-likeness (QED) is 0.283. The van der Waals surface area contributed by atoms with E-state index < -0.39 is 0 Å². The van der Waals surface area contributed by atoms with Gasteiger partial charge in [-0.05, 0) is 37.7 Å². The van der Waals surface area contributed by atoms with Gasteiger partial charge in [-0.2, -0.15) is 10.1 Å². The fraction of sp³-hybridized carbons (Fsp3) is 0.308. The Morgan fingerprint density at radius 2 is 1.69 bits per heavy atom. The number of fused-ring (bicyclic) bond motifs is 2. The van der Waals surface area contributed by atoms with Crippen molar-refractivity contribution in [3.63, 3.8) is 0 Å². The van der Waals surface area contributed by atoms with Crippen LogP contribution in [-0.4, -0.2) is 31.8 Å². The molecule has 0 radical (unpaired) electrons. The van der Waals surface area contributed by atoms with Gasteiger partial charge in [-0.15, -0.1) is 0 Å². The standard InChI is InChI=1S/C22H21N7O.C3H8.CH5N/c1-2-3-12-29-21-18(20(23)24-13-25-21)19(28-29)14-8-10-15(11-9-14)26-22-27-16-6-4-5-7-17(16)30-22;1-3-2;1-2/h4-11,13H,2-3,12H2,1H3,(H,26,27)(H2,23,24,25);3H2,1-2H3;2H2,1H3. The number of nitrogens with zero attached hydrogens (tertiary/aromatic N) is 5. The lowest BCUT2D eigenvalue weighted by Crippen LogP contribution is -2.01. The maximum absolute atomic E-state index is 6.17. The van der Waals surface area contributed by atoms with E-state index in [-0.39, 0.29) is 0 Å². The lowest BCUT2D eigenvalue weighted by Gasteiger charge is -2.03. The molecule has 0 saturated heterocycles. The third-order valence-corrected chi connectivity index (χ3v) is 4.99. The predicted molar refractivity (Wildman–Crippen MR) is 143 cm³/mol. The van der Waals surface area contributed by atoms with Crippen LogP contribution in [0, 0.1) is 0 Å². The molecule has 0 bridgehead atoms. The minimum atomic E-state index is 0.437. The minimum absolute atomic E-state index is 0.437. The number of benzene rings is 2. The Morgan fingerprint density at radius 3 is 2.37 bits per heavy atom. The van der Waals surface area contributed by atoms with Gasteiger partial charge in [-0.1, -0.05) is 57.9 Å². The van der Waals surface area contributed by atoms with Crippen molar-refractivity contribution in [2.24, 2.45) is 5.73 Å². The summed E-state index contributed by atoms with van der Waals surface area (Å²) in [5.41, 5.74) is 15.6. The van der Waals surface area contributed by atoms with Gasteiger partial charge in [0, 0.05) is 17.8 Å². The van der Waals surface area contributed by atoms with Crippen molar-refractivity contribution in [1.82, 2.24) is 24.7 Å². The third kappa shape index (κ3) is 5.93. The highest BCUT2D eigenvalue weighted by Gasteiger charge is 2.17. The summed E-state index contributed by atoms with van der Waals surface area (Å²) >= 11 is 0. The summed E-state index contributed by atoms with van der Waals surface area (Å²) in [4.78, 5) is 13.0. The fourth-order valence-corrected chi connectivity index (χ4v) is 3.46. The van der Waals surface area contributed by atoms with Gasteiger partial charge in [-0.25, -0.2) is 14.6 Å². The van der Waals surface area contributed by atoms with Gasteiger partial charge in [-0.3, -0.25) is 0 Å². The largest absolute Gasteiger partial charge is 0.423 e. The number of nitrogens with two attached hydrogens (primary N) is 2. The Morgan fingerprint density at radius 1 is 0.971 bits per heavy atom. The van der Waals surface area contributed by atoms with Crippen molar-refractivity contribution in [1.29, 1.82) is 0 Å². The number of aryl methyl sites for hydroxylation is 1. The molecule has 5 N–H and O–H groups in total. The van der Waals surface area contributed by atoms with Crippen molar-refractivity contribution in [3.8, 4) is 11.3 Å². The van der Waals surface area contributed by atoms with Crippen molar-refractivity contribution >= 4 is 39.7 Å². The molecule has 5 aromatic rings. The Hall–Kier alpha value is -3.98. The molecule has 9 nitrogen and oxygen atoms in total. The number of para-hydroxylation sites is 2. The summed E-state index contributed by atoms with van der Waals surface area (Å²) in [5, 5.41) is 8.77. The topological polar surface area (TPSA) is 134 Å². The number of anilines is 3. The number of hydrogen-bond donors (Lipinski definition) is 3. The lowest BCUT2D eigenvalue weighted by molar-refractivity contribution is 0.585. The molecule has 0 unspecified atom stereocenters. The Labute approximate surface area is 205 Å². The van der Waals surface area contributed by atoms with Crippen LogP contribution in [0.3, 0.4) is 0 Å². The highest BCUT2D eigenvalue weighted by atomic mass is 16.4. The number of aromatic nitrogens is 5. The van der Waals surface area contributed by atoms with Gasteiger partial charge >= 0.3 is 0 Å². The predicted octanol–water partition coefficient (Wildman–Crippen LogP) is 5.75. The van der Waals surface area contributed by atoms with Crippen LogP contribution in [0.1, 0.15) is 40.0 Å². The molecule has 0 aliphatic rings. The first-order chi connectivity index (χ1) is 17.1. The van der Waals surface area contributed by atoms with E-state index in [4.69, 9.17) is 15.2 Å². The molecule has 0 aliphatic heterocycles. The van der Waals surface area contributed by atoms with Crippen LogP contribution in [-0.2, 0) is 6.54 Å². The number of unbranched alkanes of at least 4 members (excludes halogenated alkanes) is 1. The molecule has 3 heterocycles. The third-order valence-electron chi connectivity index (χ3n) is 4.99. The van der Waals surface area contributed by atoms with E-state index in [1.165, 1.54) is 19.8 Å². The van der Waals surface area contributed by atoms with Gasteiger partial charge in [0.1, 0.15) is 23.4 Å². The van der Waals surface area contributed by atoms with Crippen LogP contribution in [0.2, 0.25) is 0 Å². The molecule has 3 aromatic heterocycles. The van der Waals surface area contributed by atoms with Crippen LogP contribution >= 0.6 is 0 Å². The molecule has 0 amide bonds. The van der Waals surface area contributed by atoms with Gasteiger partial charge in [0.05, 0.1) is 5.39 Å². The van der Waals surface area contributed by atoms with E-state index in [1.807, 2.05) is 53.2 Å². The number of nitrogen functional groups attached to an aromatic ring is 1. The zero-order chi connectivity index (χ0) is 25.2. The number of oxazole rings is 1. The van der Waals surface area contributed by atoms with Gasteiger partial charge in [0.2, 0.25) is 0 Å². The first kappa shape index (κ1) is 25.6. The molecular weight excluding hydrogens is 440 g/mol. The summed E-state index contributed by atoms with van der Waals surface area (Å²) in [5.74, 6) is 0.437.